The van der Waals surface area contributed by atoms with Crippen molar-refractivity contribution < 1.29 is 14.6 Å². The van der Waals surface area contributed by atoms with Gasteiger partial charge in [-0.25, -0.2) is 9.48 Å². The molecule has 1 saturated carbocycles. The van der Waals surface area contributed by atoms with E-state index < -0.39 is 0 Å². The third kappa shape index (κ3) is 2.87. The molecule has 116 valence electrons. The summed E-state index contributed by atoms with van der Waals surface area (Å²) in [4.78, 5) is 11.8. The molecule has 1 aromatic carbocycles. The second kappa shape index (κ2) is 6.27. The minimum Gasteiger partial charge on any atom is -0.462 e. The number of aliphatic hydroxyl groups is 1. The van der Waals surface area contributed by atoms with E-state index in [9.17, 15) is 9.90 Å². The van der Waals surface area contributed by atoms with Crippen LogP contribution in [0, 0.1) is 0 Å². The zero-order chi connectivity index (χ0) is 15.5. The Hall–Kier alpha value is -2.21. The number of esters is 1. The summed E-state index contributed by atoms with van der Waals surface area (Å²) in [6.45, 7) is 2.28. The van der Waals surface area contributed by atoms with Gasteiger partial charge >= 0.3 is 5.97 Å². The van der Waals surface area contributed by atoms with Gasteiger partial charge in [-0.2, -0.15) is 0 Å². The van der Waals surface area contributed by atoms with Crippen LogP contribution in [0.15, 0.2) is 24.3 Å². The van der Waals surface area contributed by atoms with E-state index in [2.05, 4.69) is 10.3 Å². The molecule has 2 aromatic rings. The average molecular weight is 301 g/mol. The van der Waals surface area contributed by atoms with Gasteiger partial charge in [0.15, 0.2) is 0 Å². The molecule has 1 aliphatic carbocycles. The molecule has 0 amide bonds. The molecule has 1 N–H and O–H groups in total. The minimum atomic E-state index is -0.314. The Morgan fingerprint density at radius 3 is 2.68 bits per heavy atom. The van der Waals surface area contributed by atoms with Crippen molar-refractivity contribution in [3.8, 4) is 5.69 Å². The molecule has 0 aliphatic heterocycles. The summed E-state index contributed by atoms with van der Waals surface area (Å²) in [7, 11) is 0. The Bertz CT molecular complexity index is 660. The van der Waals surface area contributed by atoms with Gasteiger partial charge in [-0.15, -0.1) is 5.10 Å². The third-order valence-corrected chi connectivity index (χ3v) is 3.68. The number of carbonyl (C=O) groups is 1. The molecule has 22 heavy (non-hydrogen) atoms. The largest absolute Gasteiger partial charge is 0.462 e. The highest BCUT2D eigenvalue weighted by atomic mass is 16.5. The van der Waals surface area contributed by atoms with E-state index >= 15 is 0 Å². The normalized spacial score (nSPS) is 14.1. The summed E-state index contributed by atoms with van der Waals surface area (Å²) in [6.07, 6.45) is 3.00. The fraction of sp³-hybridized carbons (Fsp3) is 0.438. The number of carbonyl (C=O) groups excluding carboxylic acids is 1. The smallest absolute Gasteiger partial charge is 0.338 e. The van der Waals surface area contributed by atoms with Crippen LogP contribution in [-0.2, 0) is 11.3 Å². The van der Waals surface area contributed by atoms with Gasteiger partial charge in [0.05, 0.1) is 30.2 Å². The summed E-state index contributed by atoms with van der Waals surface area (Å²) in [6, 6.07) is 7.10. The van der Waals surface area contributed by atoms with Gasteiger partial charge in [-0.05, 0) is 43.5 Å². The summed E-state index contributed by atoms with van der Waals surface area (Å²) in [5.74, 6) is 0.108. The summed E-state index contributed by atoms with van der Waals surface area (Å²) < 4.78 is 6.86. The summed E-state index contributed by atoms with van der Waals surface area (Å²) >= 11 is 0. The van der Waals surface area contributed by atoms with Crippen LogP contribution in [0.3, 0.4) is 0 Å². The Morgan fingerprint density at radius 2 is 2.09 bits per heavy atom. The second-order valence-corrected chi connectivity index (χ2v) is 5.45. The molecule has 0 bridgehead atoms. The molecular formula is C16H19N3O3. The van der Waals surface area contributed by atoms with Crippen LogP contribution < -0.4 is 0 Å². The number of rotatable bonds is 6. The predicted molar refractivity (Wildman–Crippen MR) is 79.8 cm³/mol. The van der Waals surface area contributed by atoms with Crippen LogP contribution in [0.2, 0.25) is 0 Å². The number of nitrogens with zero attached hydrogens (tertiary/aromatic N) is 3. The quantitative estimate of drug-likeness (QED) is 0.828. The van der Waals surface area contributed by atoms with Crippen molar-refractivity contribution in [2.75, 3.05) is 6.61 Å². The molecule has 0 radical (unpaired) electrons. The second-order valence-electron chi connectivity index (χ2n) is 5.45. The summed E-state index contributed by atoms with van der Waals surface area (Å²) in [5.41, 5.74) is 2.96. The highest BCUT2D eigenvalue weighted by Gasteiger charge is 2.31. The van der Waals surface area contributed by atoms with E-state index in [0.29, 0.717) is 23.8 Å². The Morgan fingerprint density at radius 1 is 1.36 bits per heavy atom. The highest BCUT2D eigenvalue weighted by Crippen LogP contribution is 2.41. The predicted octanol–water partition coefficient (Wildman–Crippen LogP) is 2.20. The topological polar surface area (TPSA) is 77.2 Å². The molecule has 1 heterocycles. The number of aliphatic hydroxyl groups excluding tert-OH is 1. The first kappa shape index (κ1) is 14.7. The number of hydrogen-bond acceptors (Lipinski definition) is 5. The third-order valence-electron chi connectivity index (χ3n) is 3.68. The van der Waals surface area contributed by atoms with Crippen LogP contribution in [-0.4, -0.2) is 32.7 Å². The van der Waals surface area contributed by atoms with Crippen molar-refractivity contribution >= 4 is 5.97 Å². The molecule has 6 nitrogen and oxygen atoms in total. The Kier molecular flexibility index (Phi) is 4.20. The number of hydrogen-bond donors (Lipinski definition) is 1. The van der Waals surface area contributed by atoms with Gasteiger partial charge in [0.1, 0.15) is 5.69 Å². The van der Waals surface area contributed by atoms with E-state index in [1.807, 2.05) is 19.1 Å². The Labute approximate surface area is 128 Å². The molecule has 1 aromatic heterocycles. The van der Waals surface area contributed by atoms with Crippen molar-refractivity contribution in [2.45, 2.75) is 38.7 Å². The number of benzene rings is 1. The van der Waals surface area contributed by atoms with E-state index in [1.54, 1.807) is 16.8 Å². The fourth-order valence-electron chi connectivity index (χ4n) is 2.41. The molecule has 0 spiro atoms. The molecule has 0 saturated heterocycles. The van der Waals surface area contributed by atoms with Crippen molar-refractivity contribution in [1.29, 1.82) is 0 Å². The van der Waals surface area contributed by atoms with E-state index in [-0.39, 0.29) is 12.6 Å². The SMILES string of the molecule is CCCOC(=O)c1ccc(-n2nnc(CO)c2C2CC2)cc1. The standard InChI is InChI=1S/C16H19N3O3/c1-2-9-22-16(21)12-5-7-13(8-6-12)19-15(11-3-4-11)14(10-20)17-18-19/h5-8,11,20H,2-4,9-10H2,1H3. The van der Waals surface area contributed by atoms with Crippen molar-refractivity contribution in [3.63, 3.8) is 0 Å². The lowest BCUT2D eigenvalue weighted by molar-refractivity contribution is 0.0505. The maximum Gasteiger partial charge on any atom is 0.338 e. The molecule has 6 heteroatoms. The lowest BCUT2D eigenvalue weighted by atomic mass is 10.2. The lowest BCUT2D eigenvalue weighted by Crippen LogP contribution is -2.07. The monoisotopic (exact) mass is 301 g/mol. The van der Waals surface area contributed by atoms with E-state index in [0.717, 1.165) is 30.6 Å². The maximum atomic E-state index is 11.8. The van der Waals surface area contributed by atoms with Crippen molar-refractivity contribution in [2.24, 2.45) is 0 Å². The van der Waals surface area contributed by atoms with Gasteiger partial charge in [0, 0.05) is 5.92 Å². The summed E-state index contributed by atoms with van der Waals surface area (Å²) in [5, 5.41) is 17.6. The average Bonchev–Trinajstić information content (AvgIpc) is 3.31. The fourth-order valence-corrected chi connectivity index (χ4v) is 2.41. The van der Waals surface area contributed by atoms with Gasteiger partial charge < -0.3 is 9.84 Å². The minimum absolute atomic E-state index is 0.104. The van der Waals surface area contributed by atoms with Crippen LogP contribution in [0.25, 0.3) is 5.69 Å². The molecular weight excluding hydrogens is 282 g/mol. The first-order chi connectivity index (χ1) is 10.7. The van der Waals surface area contributed by atoms with E-state index in [4.69, 9.17) is 4.74 Å². The zero-order valence-corrected chi connectivity index (χ0v) is 12.5. The first-order valence-electron chi connectivity index (χ1n) is 7.57. The van der Waals surface area contributed by atoms with Crippen LogP contribution in [0.4, 0.5) is 0 Å². The molecule has 1 fully saturated rings. The molecule has 0 atom stereocenters. The van der Waals surface area contributed by atoms with E-state index in [1.165, 1.54) is 0 Å². The van der Waals surface area contributed by atoms with Crippen molar-refractivity contribution in [3.05, 3.63) is 41.2 Å². The van der Waals surface area contributed by atoms with Gasteiger partial charge in [-0.3, -0.25) is 0 Å². The molecule has 0 unspecified atom stereocenters. The van der Waals surface area contributed by atoms with Gasteiger partial charge in [0.2, 0.25) is 0 Å². The van der Waals surface area contributed by atoms with Crippen LogP contribution in [0.5, 0.6) is 0 Å². The van der Waals surface area contributed by atoms with Gasteiger partial charge in [0.25, 0.3) is 0 Å². The lowest BCUT2D eigenvalue weighted by Gasteiger charge is -2.08. The zero-order valence-electron chi connectivity index (χ0n) is 12.5. The van der Waals surface area contributed by atoms with Crippen LogP contribution in [0.1, 0.15) is 53.8 Å². The molecule has 1 aliphatic rings. The maximum absolute atomic E-state index is 11.8. The van der Waals surface area contributed by atoms with Crippen LogP contribution >= 0.6 is 0 Å². The highest BCUT2D eigenvalue weighted by molar-refractivity contribution is 5.89. The van der Waals surface area contributed by atoms with Crippen molar-refractivity contribution in [1.82, 2.24) is 15.0 Å². The number of ether oxygens (including phenoxy) is 1. The number of aromatic nitrogens is 3. The molecule has 3 rings (SSSR count). The Balaban J connectivity index is 1.84. The van der Waals surface area contributed by atoms with Gasteiger partial charge in [-0.1, -0.05) is 12.1 Å². The first-order valence-corrected chi connectivity index (χ1v) is 7.57.